The molecule has 0 spiro atoms. The molecule has 30 heavy (non-hydrogen) atoms. The van der Waals surface area contributed by atoms with Crippen molar-refractivity contribution >= 4 is 11.9 Å². The molecule has 0 saturated heterocycles. The molecule has 0 aliphatic carbocycles. The van der Waals surface area contributed by atoms with Crippen molar-refractivity contribution in [2.45, 2.75) is 59.7 Å². The molecule has 2 aromatic rings. The maximum Gasteiger partial charge on any atom is 0.373 e. The summed E-state index contributed by atoms with van der Waals surface area (Å²) < 4.78 is 0. The first kappa shape index (κ1) is 23.6. The zero-order valence-corrected chi connectivity index (χ0v) is 18.1. The van der Waals surface area contributed by atoms with Crippen molar-refractivity contribution in [2.24, 2.45) is 5.92 Å². The Hall–Kier alpha value is -2.70. The second kappa shape index (κ2) is 12.1. The van der Waals surface area contributed by atoms with Gasteiger partial charge in [-0.25, -0.2) is 9.59 Å². The molecule has 2 aromatic carbocycles. The predicted molar refractivity (Wildman–Crippen MR) is 113 cm³/mol. The molecule has 6 nitrogen and oxygen atoms in total. The first-order valence-electron chi connectivity index (χ1n) is 10.4. The molecule has 0 saturated carbocycles. The Bertz CT molecular complexity index is 734. The molecule has 2 rings (SSSR count). The van der Waals surface area contributed by atoms with Crippen molar-refractivity contribution in [3.05, 3.63) is 70.8 Å². The van der Waals surface area contributed by atoms with E-state index in [0.717, 1.165) is 30.4 Å². The van der Waals surface area contributed by atoms with Crippen LogP contribution in [0.25, 0.3) is 0 Å². The van der Waals surface area contributed by atoms with Gasteiger partial charge in [0.15, 0.2) is 0 Å². The van der Waals surface area contributed by atoms with Crippen molar-refractivity contribution in [1.29, 1.82) is 0 Å². The molecule has 1 unspecified atom stereocenters. The summed E-state index contributed by atoms with van der Waals surface area (Å²) in [4.78, 5) is 44.6. The second-order valence-corrected chi connectivity index (χ2v) is 7.21. The molecular formula is C24H30O6. The summed E-state index contributed by atoms with van der Waals surface area (Å²) in [5, 5.41) is 0. The lowest BCUT2D eigenvalue weighted by Gasteiger charge is -2.18. The van der Waals surface area contributed by atoms with E-state index in [9.17, 15) is 9.59 Å². The van der Waals surface area contributed by atoms with E-state index in [4.69, 9.17) is 19.6 Å². The third-order valence-corrected chi connectivity index (χ3v) is 4.95. The Morgan fingerprint density at radius 3 is 1.47 bits per heavy atom. The Balaban J connectivity index is 1.93. The van der Waals surface area contributed by atoms with E-state index in [1.807, 2.05) is 52.0 Å². The van der Waals surface area contributed by atoms with Gasteiger partial charge in [-0.15, -0.1) is 9.78 Å². The van der Waals surface area contributed by atoms with Crippen LogP contribution in [-0.2, 0) is 32.4 Å². The van der Waals surface area contributed by atoms with Crippen LogP contribution >= 0.6 is 0 Å². The summed E-state index contributed by atoms with van der Waals surface area (Å²) in [6.07, 6.45) is 1.98. The van der Waals surface area contributed by atoms with Crippen LogP contribution in [0.5, 0.6) is 0 Å². The quantitative estimate of drug-likeness (QED) is 0.277. The van der Waals surface area contributed by atoms with Crippen LogP contribution in [0, 0.1) is 5.92 Å². The molecule has 0 heterocycles. The van der Waals surface area contributed by atoms with E-state index in [1.165, 1.54) is 0 Å². The number of carbonyl (C=O) groups excluding carboxylic acids is 2. The summed E-state index contributed by atoms with van der Waals surface area (Å²) in [5.74, 6) is -1.08. The number of aryl methyl sites for hydroxylation is 2. The third-order valence-electron chi connectivity index (χ3n) is 4.95. The van der Waals surface area contributed by atoms with Crippen LogP contribution in [0.3, 0.4) is 0 Å². The number of hydrogen-bond donors (Lipinski definition) is 0. The topological polar surface area (TPSA) is 71.1 Å². The number of benzene rings is 2. The highest BCUT2D eigenvalue weighted by molar-refractivity contribution is 5.89. The molecule has 0 amide bonds. The minimum Gasteiger partial charge on any atom is -0.290 e. The number of rotatable bonds is 11. The minimum atomic E-state index is -1.03. The Morgan fingerprint density at radius 2 is 1.13 bits per heavy atom. The number of hydrogen-bond acceptors (Lipinski definition) is 6. The third kappa shape index (κ3) is 7.28. The highest BCUT2D eigenvalue weighted by Gasteiger charge is 2.21. The molecular weight excluding hydrogens is 384 g/mol. The average molecular weight is 414 g/mol. The van der Waals surface area contributed by atoms with E-state index < -0.39 is 18.2 Å². The smallest absolute Gasteiger partial charge is 0.290 e. The Morgan fingerprint density at radius 1 is 0.733 bits per heavy atom. The van der Waals surface area contributed by atoms with Gasteiger partial charge in [0.2, 0.25) is 6.29 Å². The molecule has 0 fully saturated rings. The van der Waals surface area contributed by atoms with Gasteiger partial charge in [-0.1, -0.05) is 58.4 Å². The maximum absolute atomic E-state index is 12.2. The van der Waals surface area contributed by atoms with Crippen molar-refractivity contribution in [1.82, 2.24) is 0 Å². The van der Waals surface area contributed by atoms with Crippen molar-refractivity contribution in [3.8, 4) is 0 Å². The Labute approximate surface area is 178 Å². The SMILES string of the molecule is CCc1ccc(C(=O)OOC(CC(C)CC)OOC(=O)c2ccc(CC)cc2)cc1. The van der Waals surface area contributed by atoms with Crippen LogP contribution in [0.4, 0.5) is 0 Å². The summed E-state index contributed by atoms with van der Waals surface area (Å²) in [6.45, 7) is 8.08. The first-order valence-corrected chi connectivity index (χ1v) is 10.4. The fourth-order valence-corrected chi connectivity index (χ4v) is 2.63. The van der Waals surface area contributed by atoms with Crippen LogP contribution in [0.2, 0.25) is 0 Å². The molecule has 6 heteroatoms. The molecule has 0 aromatic heterocycles. The fourth-order valence-electron chi connectivity index (χ4n) is 2.63. The van der Waals surface area contributed by atoms with Gasteiger partial charge in [-0.05, 0) is 54.2 Å². The lowest BCUT2D eigenvalue weighted by atomic mass is 10.1. The number of carbonyl (C=O) groups is 2. The van der Waals surface area contributed by atoms with Gasteiger partial charge < -0.3 is 0 Å². The summed E-state index contributed by atoms with van der Waals surface area (Å²) in [7, 11) is 0. The van der Waals surface area contributed by atoms with E-state index in [2.05, 4.69) is 0 Å². The molecule has 162 valence electrons. The standard InChI is InChI=1S/C24H30O6/c1-5-17(4)16-22(27-29-23(25)20-12-8-18(6-2)9-13-20)28-30-24(26)21-14-10-19(7-3)11-15-21/h8-15,17,22H,5-7,16H2,1-4H3. The van der Waals surface area contributed by atoms with E-state index in [1.54, 1.807) is 24.3 Å². The van der Waals surface area contributed by atoms with Gasteiger partial charge in [0.1, 0.15) is 0 Å². The normalized spacial score (nSPS) is 11.9. The van der Waals surface area contributed by atoms with E-state index >= 15 is 0 Å². The monoisotopic (exact) mass is 414 g/mol. The summed E-state index contributed by atoms with van der Waals surface area (Å²) in [5.41, 5.74) is 2.96. The predicted octanol–water partition coefficient (Wildman–Crippen LogP) is 5.45. The van der Waals surface area contributed by atoms with E-state index in [0.29, 0.717) is 17.5 Å². The molecule has 0 aliphatic rings. The van der Waals surface area contributed by atoms with Crippen LogP contribution in [0.15, 0.2) is 48.5 Å². The fraction of sp³-hybridized carbons (Fsp3) is 0.417. The largest absolute Gasteiger partial charge is 0.373 e. The van der Waals surface area contributed by atoms with Crippen LogP contribution in [-0.4, -0.2) is 18.2 Å². The highest BCUT2D eigenvalue weighted by Crippen LogP contribution is 2.16. The minimum absolute atomic E-state index is 0.208. The molecule has 0 radical (unpaired) electrons. The van der Waals surface area contributed by atoms with Gasteiger partial charge in [0, 0.05) is 6.42 Å². The van der Waals surface area contributed by atoms with Crippen molar-refractivity contribution in [3.63, 3.8) is 0 Å². The van der Waals surface area contributed by atoms with Gasteiger partial charge in [0.05, 0.1) is 11.1 Å². The average Bonchev–Trinajstić information content (AvgIpc) is 2.80. The van der Waals surface area contributed by atoms with Crippen molar-refractivity contribution < 1.29 is 29.1 Å². The summed E-state index contributed by atoms with van der Waals surface area (Å²) >= 11 is 0. The maximum atomic E-state index is 12.2. The van der Waals surface area contributed by atoms with Gasteiger partial charge >= 0.3 is 11.9 Å². The van der Waals surface area contributed by atoms with E-state index in [-0.39, 0.29) is 5.92 Å². The molecule has 0 aliphatic heterocycles. The van der Waals surface area contributed by atoms with Gasteiger partial charge in [-0.2, -0.15) is 0 Å². The lowest BCUT2D eigenvalue weighted by Crippen LogP contribution is -2.24. The Kier molecular flexibility index (Phi) is 9.51. The van der Waals surface area contributed by atoms with Gasteiger partial charge in [0.25, 0.3) is 0 Å². The van der Waals surface area contributed by atoms with Crippen molar-refractivity contribution in [2.75, 3.05) is 0 Å². The zero-order valence-electron chi connectivity index (χ0n) is 18.1. The summed E-state index contributed by atoms with van der Waals surface area (Å²) in [6, 6.07) is 14.1. The zero-order chi connectivity index (χ0) is 21.9. The lowest BCUT2D eigenvalue weighted by molar-refractivity contribution is -0.423. The van der Waals surface area contributed by atoms with Crippen LogP contribution < -0.4 is 0 Å². The highest BCUT2D eigenvalue weighted by atomic mass is 17.3. The van der Waals surface area contributed by atoms with Gasteiger partial charge in [-0.3, -0.25) is 9.78 Å². The first-order chi connectivity index (χ1) is 14.5. The molecule has 1 atom stereocenters. The second-order valence-electron chi connectivity index (χ2n) is 7.21. The van der Waals surface area contributed by atoms with Crippen LogP contribution in [0.1, 0.15) is 72.4 Å². The molecule has 0 bridgehead atoms. The molecule has 0 N–H and O–H groups in total.